The molecule has 0 atom stereocenters. The number of aromatic amines is 2. The number of fused-ring (bicyclic) bond motifs is 2. The first-order valence-corrected chi connectivity index (χ1v) is 11.0. The molecule has 0 bridgehead atoms. The van der Waals surface area contributed by atoms with E-state index in [1.807, 2.05) is 6.07 Å². The highest BCUT2D eigenvalue weighted by atomic mass is 32.1. The summed E-state index contributed by atoms with van der Waals surface area (Å²) in [5.41, 5.74) is 8.80. The summed E-state index contributed by atoms with van der Waals surface area (Å²) in [4.78, 5) is 13.3. The van der Waals surface area contributed by atoms with E-state index in [9.17, 15) is 4.39 Å². The first kappa shape index (κ1) is 18.9. The zero-order valence-corrected chi connectivity index (χ0v) is 18.2. The van der Waals surface area contributed by atoms with Crippen LogP contribution in [0.25, 0.3) is 55.0 Å². The fraction of sp³-hybridized carbons (Fsp3) is 0.0800. The minimum atomic E-state index is -0.231. The first-order chi connectivity index (χ1) is 15.6. The third-order valence-corrected chi connectivity index (χ3v) is 6.63. The molecule has 0 spiro atoms. The summed E-state index contributed by atoms with van der Waals surface area (Å²) >= 11 is 1.08. The third-order valence-electron chi connectivity index (χ3n) is 5.72. The van der Waals surface area contributed by atoms with E-state index in [0.29, 0.717) is 5.82 Å². The number of halogens is 1. The van der Waals surface area contributed by atoms with Gasteiger partial charge in [-0.3, -0.25) is 10.1 Å². The maximum Gasteiger partial charge on any atom is 0.176 e. The lowest BCUT2D eigenvalue weighted by molar-refractivity contribution is 0.657. The molecule has 4 heterocycles. The molecule has 7 heteroatoms. The van der Waals surface area contributed by atoms with E-state index >= 15 is 0 Å². The largest absolute Gasteiger partial charge is 0.335 e. The van der Waals surface area contributed by atoms with Crippen LogP contribution < -0.4 is 0 Å². The number of H-pyrrole nitrogens is 2. The topological polar surface area (TPSA) is 70.2 Å². The van der Waals surface area contributed by atoms with Crippen LogP contribution in [0.5, 0.6) is 0 Å². The molecule has 6 aromatic rings. The highest BCUT2D eigenvalue weighted by molar-refractivity contribution is 7.14. The average Bonchev–Trinajstić information content (AvgIpc) is 3.52. The van der Waals surface area contributed by atoms with Crippen molar-refractivity contribution in [2.45, 2.75) is 13.8 Å². The molecule has 32 heavy (non-hydrogen) atoms. The van der Waals surface area contributed by atoms with E-state index in [4.69, 9.17) is 4.98 Å². The van der Waals surface area contributed by atoms with Crippen LogP contribution in [-0.4, -0.2) is 25.1 Å². The van der Waals surface area contributed by atoms with Crippen molar-refractivity contribution < 1.29 is 4.39 Å². The molecule has 0 aliphatic carbocycles. The molecule has 0 aliphatic rings. The number of pyridine rings is 1. The van der Waals surface area contributed by atoms with E-state index < -0.39 is 0 Å². The van der Waals surface area contributed by atoms with Crippen molar-refractivity contribution in [2.75, 3.05) is 0 Å². The molecular formula is C25H18FN5S. The quantitative estimate of drug-likeness (QED) is 0.324. The van der Waals surface area contributed by atoms with Gasteiger partial charge in [0.25, 0.3) is 0 Å². The predicted molar refractivity (Wildman–Crippen MR) is 127 cm³/mol. The van der Waals surface area contributed by atoms with Gasteiger partial charge in [-0.05, 0) is 54.8 Å². The Morgan fingerprint density at radius 1 is 0.906 bits per heavy atom. The Labute approximate surface area is 187 Å². The van der Waals surface area contributed by atoms with Gasteiger partial charge in [-0.15, -0.1) is 11.3 Å². The van der Waals surface area contributed by atoms with Crippen molar-refractivity contribution in [2.24, 2.45) is 0 Å². The second kappa shape index (κ2) is 7.10. The first-order valence-electron chi connectivity index (χ1n) is 10.2. The van der Waals surface area contributed by atoms with Gasteiger partial charge in [0.05, 0.1) is 17.2 Å². The van der Waals surface area contributed by atoms with Crippen molar-refractivity contribution in [1.29, 1.82) is 0 Å². The zero-order valence-electron chi connectivity index (χ0n) is 17.4. The van der Waals surface area contributed by atoms with Crippen molar-refractivity contribution >= 4 is 33.3 Å². The van der Waals surface area contributed by atoms with Crippen LogP contribution >= 0.6 is 11.3 Å². The lowest BCUT2D eigenvalue weighted by Crippen LogP contribution is -1.86. The number of aryl methyl sites for hydroxylation is 2. The molecule has 0 radical (unpaired) electrons. The number of hydrogen-bond donors (Lipinski definition) is 2. The predicted octanol–water partition coefficient (Wildman–Crippen LogP) is 6.65. The summed E-state index contributed by atoms with van der Waals surface area (Å²) < 4.78 is 13.6. The van der Waals surface area contributed by atoms with E-state index in [-0.39, 0.29) is 5.13 Å². The molecule has 0 unspecified atom stereocenters. The monoisotopic (exact) mass is 439 g/mol. The summed E-state index contributed by atoms with van der Waals surface area (Å²) in [5.74, 6) is 0.649. The normalized spacial score (nSPS) is 11.6. The Morgan fingerprint density at radius 2 is 1.81 bits per heavy atom. The fourth-order valence-corrected chi connectivity index (χ4v) is 4.83. The molecule has 2 aromatic carbocycles. The lowest BCUT2D eigenvalue weighted by Gasteiger charge is -2.08. The molecule has 6 rings (SSSR count). The number of nitrogens with one attached hydrogen (secondary N) is 2. The van der Waals surface area contributed by atoms with Gasteiger partial charge >= 0.3 is 0 Å². The van der Waals surface area contributed by atoms with Crippen LogP contribution in [0.15, 0.2) is 60.9 Å². The highest BCUT2D eigenvalue weighted by Gasteiger charge is 2.17. The number of thiophene rings is 1. The summed E-state index contributed by atoms with van der Waals surface area (Å²) in [6, 6.07) is 16.0. The van der Waals surface area contributed by atoms with Gasteiger partial charge in [-0.1, -0.05) is 29.8 Å². The van der Waals surface area contributed by atoms with Crippen LogP contribution in [0.1, 0.15) is 11.1 Å². The van der Waals surface area contributed by atoms with Crippen molar-refractivity contribution in [3.63, 3.8) is 0 Å². The summed E-state index contributed by atoms with van der Waals surface area (Å²) in [6.07, 6.45) is 3.45. The van der Waals surface area contributed by atoms with Gasteiger partial charge in [0.2, 0.25) is 0 Å². The Hall–Kier alpha value is -3.84. The highest BCUT2D eigenvalue weighted by Crippen LogP contribution is 2.35. The molecule has 0 saturated carbocycles. The number of hydrogen-bond acceptors (Lipinski definition) is 4. The molecule has 5 nitrogen and oxygen atoms in total. The van der Waals surface area contributed by atoms with Crippen LogP contribution in [0, 0.1) is 19.0 Å². The molecule has 156 valence electrons. The fourth-order valence-electron chi connectivity index (χ4n) is 4.09. The van der Waals surface area contributed by atoms with Gasteiger partial charge in [-0.25, -0.2) is 4.98 Å². The van der Waals surface area contributed by atoms with Crippen molar-refractivity contribution in [3.8, 4) is 33.1 Å². The van der Waals surface area contributed by atoms with Gasteiger partial charge in [0, 0.05) is 22.0 Å². The molecule has 4 aromatic heterocycles. The van der Waals surface area contributed by atoms with E-state index in [0.717, 1.165) is 55.0 Å². The van der Waals surface area contributed by atoms with Crippen LogP contribution in [-0.2, 0) is 0 Å². The number of benzene rings is 2. The molecule has 0 saturated heterocycles. The van der Waals surface area contributed by atoms with E-state index in [2.05, 4.69) is 64.3 Å². The number of aromatic nitrogens is 5. The number of nitrogens with zero attached hydrogens (tertiary/aromatic N) is 3. The molecular weight excluding hydrogens is 421 g/mol. The Balaban J connectivity index is 1.52. The maximum absolute atomic E-state index is 13.6. The van der Waals surface area contributed by atoms with Gasteiger partial charge < -0.3 is 4.98 Å². The Kier molecular flexibility index (Phi) is 4.19. The third kappa shape index (κ3) is 3.01. The lowest BCUT2D eigenvalue weighted by atomic mass is 9.97. The van der Waals surface area contributed by atoms with E-state index in [1.54, 1.807) is 18.5 Å². The summed E-state index contributed by atoms with van der Waals surface area (Å²) in [7, 11) is 0. The Bertz CT molecular complexity index is 1620. The molecule has 0 fully saturated rings. The molecule has 2 N–H and O–H groups in total. The minimum Gasteiger partial charge on any atom is -0.335 e. The minimum absolute atomic E-state index is 0.231. The summed E-state index contributed by atoms with van der Waals surface area (Å²) in [6.45, 7) is 4.22. The van der Waals surface area contributed by atoms with Crippen LogP contribution in [0.2, 0.25) is 0 Å². The van der Waals surface area contributed by atoms with Gasteiger partial charge in [-0.2, -0.15) is 9.49 Å². The van der Waals surface area contributed by atoms with Crippen LogP contribution in [0.4, 0.5) is 4.39 Å². The van der Waals surface area contributed by atoms with Gasteiger partial charge in [0.1, 0.15) is 11.2 Å². The van der Waals surface area contributed by atoms with Crippen molar-refractivity contribution in [3.05, 3.63) is 77.2 Å². The second-order valence-corrected chi connectivity index (χ2v) is 8.96. The van der Waals surface area contributed by atoms with Crippen molar-refractivity contribution in [1.82, 2.24) is 25.1 Å². The Morgan fingerprint density at radius 3 is 2.66 bits per heavy atom. The summed E-state index contributed by atoms with van der Waals surface area (Å²) in [5, 5.41) is 8.41. The van der Waals surface area contributed by atoms with E-state index in [1.165, 1.54) is 22.8 Å². The molecule has 0 amide bonds. The standard InChI is InChI=1S/C25H18FN5S/c1-13-3-4-14(2)16(9-13)15-5-6-19-17(10-15)24(31-30-19)25-28-20-12-27-11-18(23(20)29-25)21-7-8-22(26)32-21/h3-12H,1-2H3,(H,28,29)(H,30,31). The molecule has 0 aliphatic heterocycles. The SMILES string of the molecule is Cc1ccc(C)c(-c2ccc3[nH]nc(-c4nc5c(-c6ccc(F)s6)cncc5[nH]4)c3c2)c1. The van der Waals surface area contributed by atoms with Crippen LogP contribution in [0.3, 0.4) is 0 Å². The average molecular weight is 440 g/mol. The number of imidazole rings is 1. The zero-order chi connectivity index (χ0) is 21.8. The smallest absolute Gasteiger partial charge is 0.176 e. The number of rotatable bonds is 3. The maximum atomic E-state index is 13.6. The second-order valence-electron chi connectivity index (χ2n) is 7.92. The van der Waals surface area contributed by atoms with Gasteiger partial charge in [0.15, 0.2) is 11.0 Å².